The van der Waals surface area contributed by atoms with Crippen molar-refractivity contribution in [1.82, 2.24) is 0 Å². The van der Waals surface area contributed by atoms with Gasteiger partial charge in [-0.05, 0) is 36.4 Å². The molecular formula is C19H16N2O2S. The zero-order valence-corrected chi connectivity index (χ0v) is 13.7. The maximum Gasteiger partial charge on any atom is 0.283 e. The van der Waals surface area contributed by atoms with E-state index in [9.17, 15) is 8.42 Å². The Labute approximate surface area is 141 Å². The predicted octanol–water partition coefficient (Wildman–Crippen LogP) is 4.24. The normalized spacial score (nSPS) is 11.5. The molecule has 3 rings (SSSR count). The molecule has 0 radical (unpaired) electrons. The molecule has 0 spiro atoms. The first-order chi connectivity index (χ1) is 11.7. The van der Waals surface area contributed by atoms with Crippen molar-refractivity contribution in [2.24, 2.45) is 4.40 Å². The summed E-state index contributed by atoms with van der Waals surface area (Å²) in [5.41, 5.74) is 1.66. The quantitative estimate of drug-likeness (QED) is 0.517. The first kappa shape index (κ1) is 16.0. The highest BCUT2D eigenvalue weighted by atomic mass is 32.2. The predicted molar refractivity (Wildman–Crippen MR) is 97.1 cm³/mol. The standard InChI is InChI=1S/C19H16N2O2S/c22-24(23,19-14-8-3-9-15-19)20-16-21(17-10-4-1-5-11-17)18-12-6-2-7-13-18/h1-16H/b20-16+. The van der Waals surface area contributed by atoms with Gasteiger partial charge in [0.2, 0.25) is 0 Å². The molecular weight excluding hydrogens is 320 g/mol. The number of hydrogen-bond acceptors (Lipinski definition) is 2. The van der Waals surface area contributed by atoms with Crippen LogP contribution in [0.15, 0.2) is 100 Å². The van der Waals surface area contributed by atoms with Crippen LogP contribution in [-0.2, 0) is 10.0 Å². The Kier molecular flexibility index (Phi) is 4.72. The monoisotopic (exact) mass is 336 g/mol. The Morgan fingerprint density at radius 1 is 0.667 bits per heavy atom. The van der Waals surface area contributed by atoms with E-state index in [1.165, 1.54) is 18.5 Å². The molecule has 0 bridgehead atoms. The summed E-state index contributed by atoms with van der Waals surface area (Å²) in [6.07, 6.45) is 1.34. The molecule has 0 heterocycles. The Morgan fingerprint density at radius 3 is 1.54 bits per heavy atom. The summed E-state index contributed by atoms with van der Waals surface area (Å²) in [5.74, 6) is 0. The van der Waals surface area contributed by atoms with Crippen LogP contribution in [0.4, 0.5) is 11.4 Å². The van der Waals surface area contributed by atoms with Crippen molar-refractivity contribution in [3.05, 3.63) is 91.0 Å². The average molecular weight is 336 g/mol. The fourth-order valence-electron chi connectivity index (χ4n) is 2.22. The summed E-state index contributed by atoms with van der Waals surface area (Å²) < 4.78 is 28.6. The second-order valence-corrected chi connectivity index (χ2v) is 6.68. The van der Waals surface area contributed by atoms with Crippen molar-refractivity contribution in [3.63, 3.8) is 0 Å². The third-order valence-electron chi connectivity index (χ3n) is 3.41. The second-order valence-electron chi connectivity index (χ2n) is 5.05. The Morgan fingerprint density at radius 2 is 1.08 bits per heavy atom. The maximum atomic E-state index is 12.4. The molecule has 3 aromatic rings. The lowest BCUT2D eigenvalue weighted by Gasteiger charge is -2.19. The largest absolute Gasteiger partial charge is 0.300 e. The summed E-state index contributed by atoms with van der Waals surface area (Å²) in [5, 5.41) is 0. The molecule has 0 aliphatic heterocycles. The Balaban J connectivity index is 1.99. The van der Waals surface area contributed by atoms with Gasteiger partial charge < -0.3 is 4.90 Å². The van der Waals surface area contributed by atoms with E-state index in [1.54, 1.807) is 23.1 Å². The third-order valence-corrected chi connectivity index (χ3v) is 4.65. The van der Waals surface area contributed by atoms with Gasteiger partial charge in [0, 0.05) is 11.4 Å². The number of rotatable bonds is 5. The molecule has 4 nitrogen and oxygen atoms in total. The fourth-order valence-corrected chi connectivity index (χ4v) is 3.06. The lowest BCUT2D eigenvalue weighted by atomic mass is 10.2. The summed E-state index contributed by atoms with van der Waals surface area (Å²) in [6.45, 7) is 0. The Hall–Kier alpha value is -2.92. The second kappa shape index (κ2) is 7.10. The van der Waals surface area contributed by atoms with E-state index in [4.69, 9.17) is 0 Å². The summed E-state index contributed by atoms with van der Waals surface area (Å²) in [6, 6.07) is 27.2. The number of para-hydroxylation sites is 2. The topological polar surface area (TPSA) is 49.7 Å². The lowest BCUT2D eigenvalue weighted by molar-refractivity contribution is 0.598. The molecule has 3 aromatic carbocycles. The molecule has 0 saturated heterocycles. The molecule has 0 aliphatic rings. The highest BCUT2D eigenvalue weighted by Gasteiger charge is 2.13. The van der Waals surface area contributed by atoms with Crippen LogP contribution in [0.1, 0.15) is 0 Å². The Bertz CT molecular complexity index is 870. The number of hydrogen-bond donors (Lipinski definition) is 0. The minimum absolute atomic E-state index is 0.169. The zero-order valence-electron chi connectivity index (χ0n) is 12.9. The van der Waals surface area contributed by atoms with Crippen LogP contribution in [0.2, 0.25) is 0 Å². The van der Waals surface area contributed by atoms with Gasteiger partial charge in [0.1, 0.15) is 6.34 Å². The van der Waals surface area contributed by atoms with E-state index in [0.717, 1.165) is 11.4 Å². The number of sulfonamides is 1. The van der Waals surface area contributed by atoms with Gasteiger partial charge in [0.05, 0.1) is 4.90 Å². The lowest BCUT2D eigenvalue weighted by Crippen LogP contribution is -2.15. The molecule has 0 saturated carbocycles. The van der Waals surface area contributed by atoms with Crippen molar-refractivity contribution < 1.29 is 8.42 Å². The van der Waals surface area contributed by atoms with Crippen molar-refractivity contribution in [2.45, 2.75) is 4.90 Å². The summed E-state index contributed by atoms with van der Waals surface area (Å²) >= 11 is 0. The van der Waals surface area contributed by atoms with Crippen molar-refractivity contribution in [3.8, 4) is 0 Å². The zero-order chi connectivity index (χ0) is 16.8. The molecule has 0 fully saturated rings. The highest BCUT2D eigenvalue weighted by Crippen LogP contribution is 2.23. The van der Waals surface area contributed by atoms with Gasteiger partial charge in [0.15, 0.2) is 0 Å². The van der Waals surface area contributed by atoms with Gasteiger partial charge in [-0.15, -0.1) is 4.40 Å². The molecule has 24 heavy (non-hydrogen) atoms. The molecule has 0 aromatic heterocycles. The first-order valence-corrected chi connectivity index (χ1v) is 8.86. The van der Waals surface area contributed by atoms with Crippen LogP contribution in [0, 0.1) is 0 Å². The molecule has 0 N–H and O–H groups in total. The van der Waals surface area contributed by atoms with E-state index < -0.39 is 10.0 Å². The smallest absolute Gasteiger partial charge is 0.283 e. The van der Waals surface area contributed by atoms with Gasteiger partial charge in [-0.25, -0.2) is 0 Å². The minimum atomic E-state index is -3.74. The van der Waals surface area contributed by atoms with Gasteiger partial charge >= 0.3 is 0 Å². The number of anilines is 2. The molecule has 0 aliphatic carbocycles. The van der Waals surface area contributed by atoms with Crippen molar-refractivity contribution >= 4 is 27.7 Å². The molecule has 120 valence electrons. The van der Waals surface area contributed by atoms with Crippen LogP contribution in [-0.4, -0.2) is 14.8 Å². The molecule has 0 atom stereocenters. The van der Waals surface area contributed by atoms with E-state index in [0.29, 0.717) is 0 Å². The number of nitrogens with zero attached hydrogens (tertiary/aromatic N) is 2. The SMILES string of the molecule is O=S(=O)(/N=C/N(c1ccccc1)c1ccccc1)c1ccccc1. The minimum Gasteiger partial charge on any atom is -0.300 e. The van der Waals surface area contributed by atoms with Crippen molar-refractivity contribution in [2.75, 3.05) is 4.90 Å². The van der Waals surface area contributed by atoms with Gasteiger partial charge in [-0.1, -0.05) is 54.6 Å². The van der Waals surface area contributed by atoms with Gasteiger partial charge in [-0.2, -0.15) is 8.42 Å². The van der Waals surface area contributed by atoms with E-state index in [2.05, 4.69) is 4.40 Å². The molecule has 5 heteroatoms. The van der Waals surface area contributed by atoms with Crippen LogP contribution in [0.25, 0.3) is 0 Å². The van der Waals surface area contributed by atoms with Crippen LogP contribution in [0.5, 0.6) is 0 Å². The van der Waals surface area contributed by atoms with Crippen LogP contribution >= 0.6 is 0 Å². The van der Waals surface area contributed by atoms with E-state index >= 15 is 0 Å². The van der Waals surface area contributed by atoms with E-state index in [1.807, 2.05) is 60.7 Å². The van der Waals surface area contributed by atoms with Crippen molar-refractivity contribution in [1.29, 1.82) is 0 Å². The summed E-state index contributed by atoms with van der Waals surface area (Å²) in [4.78, 5) is 1.91. The third kappa shape index (κ3) is 3.70. The molecule has 0 amide bonds. The van der Waals surface area contributed by atoms with E-state index in [-0.39, 0.29) is 4.90 Å². The molecule has 0 unspecified atom stereocenters. The summed E-state index contributed by atoms with van der Waals surface area (Å²) in [7, 11) is -3.74. The fraction of sp³-hybridized carbons (Fsp3) is 0. The van der Waals surface area contributed by atoms with Crippen LogP contribution < -0.4 is 4.90 Å². The van der Waals surface area contributed by atoms with Crippen LogP contribution in [0.3, 0.4) is 0 Å². The maximum absolute atomic E-state index is 12.4. The number of benzene rings is 3. The van der Waals surface area contributed by atoms with Gasteiger partial charge in [-0.3, -0.25) is 0 Å². The van der Waals surface area contributed by atoms with Gasteiger partial charge in [0.25, 0.3) is 10.0 Å². The highest BCUT2D eigenvalue weighted by molar-refractivity contribution is 7.90. The average Bonchev–Trinajstić information content (AvgIpc) is 2.64. The first-order valence-electron chi connectivity index (χ1n) is 7.42.